The number of benzene rings is 1. The van der Waals surface area contributed by atoms with E-state index in [4.69, 9.17) is 4.74 Å². The highest BCUT2D eigenvalue weighted by atomic mass is 127. The maximum Gasteiger partial charge on any atom is 0.224 e. The van der Waals surface area contributed by atoms with E-state index in [0.717, 1.165) is 57.2 Å². The summed E-state index contributed by atoms with van der Waals surface area (Å²) in [6.45, 7) is 6.50. The first kappa shape index (κ1) is 23.8. The van der Waals surface area contributed by atoms with Crippen molar-refractivity contribution in [3.05, 3.63) is 30.3 Å². The van der Waals surface area contributed by atoms with Crippen LogP contribution in [0.25, 0.3) is 0 Å². The number of nitrogens with one attached hydrogen (secondary N) is 1. The van der Waals surface area contributed by atoms with Crippen molar-refractivity contribution in [2.45, 2.75) is 45.1 Å². The largest absolute Gasteiger partial charge is 0.490 e. The molecular formula is C22H35IN4O2. The molecule has 3 rings (SSSR count). The molecule has 2 heterocycles. The number of para-hydroxylation sites is 1. The Labute approximate surface area is 192 Å². The Morgan fingerprint density at radius 3 is 2.52 bits per heavy atom. The Balaban J connectivity index is 0.00000300. The molecular weight excluding hydrogens is 479 g/mol. The Morgan fingerprint density at radius 2 is 1.86 bits per heavy atom. The van der Waals surface area contributed by atoms with Crippen LogP contribution in [0.15, 0.2) is 35.3 Å². The van der Waals surface area contributed by atoms with E-state index >= 15 is 0 Å². The predicted molar refractivity (Wildman–Crippen MR) is 128 cm³/mol. The van der Waals surface area contributed by atoms with Crippen LogP contribution < -0.4 is 10.1 Å². The van der Waals surface area contributed by atoms with E-state index in [1.807, 2.05) is 42.3 Å². The van der Waals surface area contributed by atoms with Gasteiger partial charge in [0.25, 0.3) is 0 Å². The van der Waals surface area contributed by atoms with Gasteiger partial charge in [0.2, 0.25) is 5.91 Å². The predicted octanol–water partition coefficient (Wildman–Crippen LogP) is 3.37. The molecule has 1 aromatic carbocycles. The van der Waals surface area contributed by atoms with Gasteiger partial charge in [0.1, 0.15) is 11.9 Å². The Morgan fingerprint density at radius 1 is 1.14 bits per heavy atom. The molecule has 0 aliphatic carbocycles. The number of amides is 1. The monoisotopic (exact) mass is 514 g/mol. The van der Waals surface area contributed by atoms with Crippen molar-refractivity contribution in [3.63, 3.8) is 0 Å². The van der Waals surface area contributed by atoms with Crippen LogP contribution in [0, 0.1) is 5.92 Å². The minimum absolute atomic E-state index is 0. The summed E-state index contributed by atoms with van der Waals surface area (Å²) in [6, 6.07) is 10.0. The maximum absolute atomic E-state index is 12.4. The average molecular weight is 514 g/mol. The van der Waals surface area contributed by atoms with Gasteiger partial charge in [0, 0.05) is 59.0 Å². The molecule has 7 heteroatoms. The first-order valence-corrected chi connectivity index (χ1v) is 10.6. The molecule has 0 aromatic heterocycles. The third kappa shape index (κ3) is 7.35. The SMILES string of the molecule is CN=C(NCCC(=O)N1CCCC(C)C1)N1CCC(Oc2ccccc2)CC1.I. The van der Waals surface area contributed by atoms with Crippen LogP contribution in [0.3, 0.4) is 0 Å². The van der Waals surface area contributed by atoms with Crippen LogP contribution >= 0.6 is 24.0 Å². The van der Waals surface area contributed by atoms with Crippen LogP contribution in [-0.2, 0) is 4.79 Å². The molecule has 2 fully saturated rings. The van der Waals surface area contributed by atoms with E-state index in [1.165, 1.54) is 6.42 Å². The Bertz CT molecular complexity index is 647. The number of aliphatic imine (C=N–C) groups is 1. The molecule has 2 aliphatic heterocycles. The first-order valence-electron chi connectivity index (χ1n) is 10.6. The highest BCUT2D eigenvalue weighted by Crippen LogP contribution is 2.19. The van der Waals surface area contributed by atoms with E-state index in [2.05, 4.69) is 22.1 Å². The number of halogens is 1. The van der Waals surface area contributed by atoms with E-state index in [1.54, 1.807) is 0 Å². The number of ether oxygens (including phenoxy) is 1. The topological polar surface area (TPSA) is 57.2 Å². The number of hydrogen-bond acceptors (Lipinski definition) is 3. The second kappa shape index (κ2) is 12.2. The lowest BCUT2D eigenvalue weighted by Gasteiger charge is -2.34. The number of guanidine groups is 1. The highest BCUT2D eigenvalue weighted by Gasteiger charge is 2.24. The van der Waals surface area contributed by atoms with Gasteiger partial charge in [-0.05, 0) is 30.9 Å². The lowest BCUT2D eigenvalue weighted by Crippen LogP contribution is -2.48. The number of nitrogens with zero attached hydrogens (tertiary/aromatic N) is 3. The van der Waals surface area contributed by atoms with Gasteiger partial charge in [-0.25, -0.2) is 0 Å². The second-order valence-electron chi connectivity index (χ2n) is 7.93. The molecule has 0 spiro atoms. The van der Waals surface area contributed by atoms with Crippen molar-refractivity contribution in [2.75, 3.05) is 39.8 Å². The van der Waals surface area contributed by atoms with E-state index < -0.39 is 0 Å². The van der Waals surface area contributed by atoms with Gasteiger partial charge in [-0.1, -0.05) is 25.1 Å². The van der Waals surface area contributed by atoms with Crippen LogP contribution in [0.1, 0.15) is 39.0 Å². The molecule has 0 saturated carbocycles. The fourth-order valence-corrected chi connectivity index (χ4v) is 4.06. The molecule has 1 amide bonds. The van der Waals surface area contributed by atoms with Gasteiger partial charge in [0.05, 0.1) is 0 Å². The summed E-state index contributed by atoms with van der Waals surface area (Å²) < 4.78 is 6.07. The molecule has 2 saturated heterocycles. The van der Waals surface area contributed by atoms with E-state index in [9.17, 15) is 4.79 Å². The summed E-state index contributed by atoms with van der Waals surface area (Å²) in [7, 11) is 1.81. The zero-order chi connectivity index (χ0) is 19.8. The minimum atomic E-state index is 0. The summed E-state index contributed by atoms with van der Waals surface area (Å²) in [5, 5.41) is 3.37. The van der Waals surface area contributed by atoms with Gasteiger partial charge in [-0.2, -0.15) is 0 Å². The third-order valence-electron chi connectivity index (χ3n) is 5.63. The first-order chi connectivity index (χ1) is 13.7. The molecule has 0 radical (unpaired) electrons. The third-order valence-corrected chi connectivity index (χ3v) is 5.63. The molecule has 2 aliphatic rings. The summed E-state index contributed by atoms with van der Waals surface area (Å²) >= 11 is 0. The lowest BCUT2D eigenvalue weighted by molar-refractivity contribution is -0.132. The van der Waals surface area contributed by atoms with Gasteiger partial charge < -0.3 is 19.9 Å². The van der Waals surface area contributed by atoms with Gasteiger partial charge in [0.15, 0.2) is 5.96 Å². The lowest BCUT2D eigenvalue weighted by atomic mass is 10.00. The van der Waals surface area contributed by atoms with Crippen molar-refractivity contribution < 1.29 is 9.53 Å². The number of hydrogen-bond donors (Lipinski definition) is 1. The maximum atomic E-state index is 12.4. The molecule has 29 heavy (non-hydrogen) atoms. The Hall–Kier alpha value is -1.51. The number of carbonyl (C=O) groups excluding carboxylic acids is 1. The molecule has 1 atom stereocenters. The normalized spacial score (nSPS) is 20.8. The van der Waals surface area contributed by atoms with Crippen LogP contribution in [0.5, 0.6) is 5.75 Å². The Kier molecular flexibility index (Phi) is 10.0. The number of rotatable bonds is 5. The standard InChI is InChI=1S/C22H34N4O2.HI/c1-18-7-6-14-26(17-18)21(27)10-13-24-22(23-2)25-15-11-20(12-16-25)28-19-8-4-3-5-9-19;/h3-5,8-9,18,20H,6-7,10-17H2,1-2H3,(H,23,24);1H. The van der Waals surface area contributed by atoms with Gasteiger partial charge in [-0.3, -0.25) is 9.79 Å². The summed E-state index contributed by atoms with van der Waals surface area (Å²) in [5.41, 5.74) is 0. The van der Waals surface area contributed by atoms with Crippen LogP contribution in [-0.4, -0.2) is 67.5 Å². The van der Waals surface area contributed by atoms with Crippen molar-refractivity contribution in [3.8, 4) is 5.75 Å². The smallest absolute Gasteiger partial charge is 0.224 e. The fraction of sp³-hybridized carbons (Fsp3) is 0.636. The van der Waals surface area contributed by atoms with Crippen LogP contribution in [0.2, 0.25) is 0 Å². The minimum Gasteiger partial charge on any atom is -0.490 e. The number of carbonyl (C=O) groups is 1. The molecule has 6 nitrogen and oxygen atoms in total. The molecule has 1 unspecified atom stereocenters. The fourth-order valence-electron chi connectivity index (χ4n) is 4.06. The summed E-state index contributed by atoms with van der Waals surface area (Å²) in [5.74, 6) is 2.70. The van der Waals surface area contributed by atoms with Gasteiger partial charge >= 0.3 is 0 Å². The molecule has 1 N–H and O–H groups in total. The zero-order valence-corrected chi connectivity index (χ0v) is 20.0. The van der Waals surface area contributed by atoms with Crippen molar-refractivity contribution in [2.24, 2.45) is 10.9 Å². The quantitative estimate of drug-likeness (QED) is 0.372. The molecule has 1 aromatic rings. The van der Waals surface area contributed by atoms with E-state index in [0.29, 0.717) is 18.9 Å². The van der Waals surface area contributed by atoms with Crippen molar-refractivity contribution in [1.82, 2.24) is 15.1 Å². The average Bonchev–Trinajstić information content (AvgIpc) is 2.73. The molecule has 0 bridgehead atoms. The van der Waals surface area contributed by atoms with Crippen LogP contribution in [0.4, 0.5) is 0 Å². The van der Waals surface area contributed by atoms with Crippen molar-refractivity contribution >= 4 is 35.8 Å². The zero-order valence-electron chi connectivity index (χ0n) is 17.7. The second-order valence-corrected chi connectivity index (χ2v) is 7.93. The van der Waals surface area contributed by atoms with Crippen molar-refractivity contribution in [1.29, 1.82) is 0 Å². The summed E-state index contributed by atoms with van der Waals surface area (Å²) in [6.07, 6.45) is 5.08. The highest BCUT2D eigenvalue weighted by molar-refractivity contribution is 14.0. The molecule has 162 valence electrons. The number of likely N-dealkylation sites (tertiary alicyclic amines) is 2. The number of piperidine rings is 2. The van der Waals surface area contributed by atoms with E-state index in [-0.39, 0.29) is 36.0 Å². The summed E-state index contributed by atoms with van der Waals surface area (Å²) in [4.78, 5) is 21.1. The van der Waals surface area contributed by atoms with Gasteiger partial charge in [-0.15, -0.1) is 24.0 Å².